The number of hydrogen-bond donors (Lipinski definition) is 2. The molecule has 0 saturated heterocycles. The Morgan fingerprint density at radius 1 is 1.10 bits per heavy atom. The van der Waals surface area contributed by atoms with E-state index >= 15 is 0 Å². The number of benzene rings is 2. The zero-order valence-corrected chi connectivity index (χ0v) is 17.8. The van der Waals surface area contributed by atoms with Crippen molar-refractivity contribution in [1.29, 1.82) is 0 Å². The van der Waals surface area contributed by atoms with Gasteiger partial charge in [-0.3, -0.25) is 9.78 Å². The van der Waals surface area contributed by atoms with E-state index in [4.69, 9.17) is 4.74 Å². The molecule has 1 amide bonds. The normalized spacial score (nSPS) is 10.9. The van der Waals surface area contributed by atoms with Gasteiger partial charge in [-0.25, -0.2) is 4.98 Å². The van der Waals surface area contributed by atoms with Crippen molar-refractivity contribution in [3.63, 3.8) is 0 Å². The minimum atomic E-state index is -0.0744. The molecular weight excluding hydrogens is 388 g/mol. The van der Waals surface area contributed by atoms with Gasteiger partial charge in [0.05, 0.1) is 11.0 Å². The molecule has 4 rings (SSSR count). The number of amides is 1. The minimum absolute atomic E-state index is 0.0744. The number of H-pyrrole nitrogens is 1. The molecule has 6 nitrogen and oxygen atoms in total. The highest BCUT2D eigenvalue weighted by molar-refractivity contribution is 5.94. The number of pyridine rings is 1. The summed E-state index contributed by atoms with van der Waals surface area (Å²) in [6, 6.07) is 15.6. The van der Waals surface area contributed by atoms with Crippen molar-refractivity contribution in [2.75, 3.05) is 6.54 Å². The third kappa shape index (κ3) is 5.09. The zero-order chi connectivity index (χ0) is 21.6. The predicted octanol–water partition coefficient (Wildman–Crippen LogP) is 4.52. The lowest BCUT2D eigenvalue weighted by molar-refractivity contribution is 0.0953. The van der Waals surface area contributed by atoms with Crippen LogP contribution in [-0.4, -0.2) is 27.4 Å². The highest BCUT2D eigenvalue weighted by atomic mass is 16.5. The lowest BCUT2D eigenvalue weighted by Gasteiger charge is -2.14. The summed E-state index contributed by atoms with van der Waals surface area (Å²) < 4.78 is 5.98. The summed E-state index contributed by atoms with van der Waals surface area (Å²) in [5.74, 6) is 1.68. The van der Waals surface area contributed by atoms with Gasteiger partial charge in [0.25, 0.3) is 5.91 Å². The molecule has 158 valence electrons. The van der Waals surface area contributed by atoms with Crippen molar-refractivity contribution < 1.29 is 9.53 Å². The van der Waals surface area contributed by atoms with E-state index in [2.05, 4.69) is 20.3 Å². The Balaban J connectivity index is 1.30. The van der Waals surface area contributed by atoms with Crippen molar-refractivity contribution in [3.05, 3.63) is 89.0 Å². The first kappa shape index (κ1) is 20.6. The maximum absolute atomic E-state index is 12.6. The lowest BCUT2D eigenvalue weighted by Crippen LogP contribution is -2.25. The van der Waals surface area contributed by atoms with Gasteiger partial charge in [0.2, 0.25) is 0 Å². The number of aromatic nitrogens is 3. The van der Waals surface area contributed by atoms with Gasteiger partial charge >= 0.3 is 0 Å². The van der Waals surface area contributed by atoms with Gasteiger partial charge in [-0.1, -0.05) is 18.2 Å². The molecule has 0 atom stereocenters. The molecule has 2 heterocycles. The van der Waals surface area contributed by atoms with Crippen LogP contribution in [0.15, 0.2) is 60.9 Å². The number of aromatic amines is 1. The fraction of sp³-hybridized carbons (Fsp3) is 0.240. The Hall–Kier alpha value is -3.67. The summed E-state index contributed by atoms with van der Waals surface area (Å²) in [5.41, 5.74) is 5.55. The topological polar surface area (TPSA) is 79.9 Å². The van der Waals surface area contributed by atoms with Gasteiger partial charge < -0.3 is 15.0 Å². The standard InChI is InChI=1S/C25H26N4O2/c1-17-13-20(14-18(2)24(17)31-16-19-7-5-11-26-15-19)25(30)27-12-6-10-23-28-21-8-3-4-9-22(21)29-23/h3-5,7-9,11,13-15H,6,10,12,16H2,1-2H3,(H,27,30)(H,28,29). The van der Waals surface area contributed by atoms with Crippen LogP contribution in [-0.2, 0) is 13.0 Å². The fourth-order valence-corrected chi connectivity index (χ4v) is 3.63. The van der Waals surface area contributed by atoms with Crippen LogP contribution in [0.3, 0.4) is 0 Å². The smallest absolute Gasteiger partial charge is 0.251 e. The number of carbonyl (C=O) groups is 1. The van der Waals surface area contributed by atoms with E-state index in [1.807, 2.05) is 62.4 Å². The highest BCUT2D eigenvalue weighted by Gasteiger charge is 2.12. The van der Waals surface area contributed by atoms with Crippen molar-refractivity contribution in [3.8, 4) is 5.75 Å². The summed E-state index contributed by atoms with van der Waals surface area (Å²) in [4.78, 5) is 24.6. The van der Waals surface area contributed by atoms with E-state index < -0.39 is 0 Å². The molecule has 0 unspecified atom stereocenters. The van der Waals surface area contributed by atoms with Crippen molar-refractivity contribution in [1.82, 2.24) is 20.3 Å². The Morgan fingerprint density at radius 3 is 2.65 bits per heavy atom. The monoisotopic (exact) mass is 414 g/mol. The summed E-state index contributed by atoms with van der Waals surface area (Å²) in [7, 11) is 0. The molecule has 31 heavy (non-hydrogen) atoms. The molecule has 0 saturated carbocycles. The van der Waals surface area contributed by atoms with Crippen LogP contribution >= 0.6 is 0 Å². The summed E-state index contributed by atoms with van der Waals surface area (Å²) >= 11 is 0. The average Bonchev–Trinajstić information content (AvgIpc) is 3.19. The zero-order valence-electron chi connectivity index (χ0n) is 17.8. The van der Waals surface area contributed by atoms with Gasteiger partial charge in [-0.2, -0.15) is 0 Å². The molecule has 6 heteroatoms. The van der Waals surface area contributed by atoms with Gasteiger partial charge in [-0.15, -0.1) is 0 Å². The number of imidazole rings is 1. The molecule has 4 aromatic rings. The summed E-state index contributed by atoms with van der Waals surface area (Å²) in [6.45, 7) is 4.96. The number of carbonyl (C=O) groups excluding carboxylic acids is 1. The van der Waals surface area contributed by atoms with Gasteiger partial charge in [-0.05, 0) is 61.7 Å². The number of nitrogens with zero attached hydrogens (tertiary/aromatic N) is 2. The van der Waals surface area contributed by atoms with Crippen LogP contribution in [0.1, 0.15) is 39.3 Å². The first-order chi connectivity index (χ1) is 15.1. The first-order valence-electron chi connectivity index (χ1n) is 10.4. The second kappa shape index (κ2) is 9.43. The third-order valence-corrected chi connectivity index (χ3v) is 5.14. The number of fused-ring (bicyclic) bond motifs is 1. The Labute approximate surface area is 181 Å². The lowest BCUT2D eigenvalue weighted by atomic mass is 10.0. The number of rotatable bonds is 8. The molecule has 0 aliphatic heterocycles. The average molecular weight is 415 g/mol. The van der Waals surface area contributed by atoms with Crippen LogP contribution in [0.2, 0.25) is 0 Å². The molecule has 0 bridgehead atoms. The first-order valence-corrected chi connectivity index (χ1v) is 10.4. The third-order valence-electron chi connectivity index (χ3n) is 5.14. The summed E-state index contributed by atoms with van der Waals surface area (Å²) in [6.07, 6.45) is 5.13. The van der Waals surface area contributed by atoms with E-state index in [1.165, 1.54) is 0 Å². The summed E-state index contributed by atoms with van der Waals surface area (Å²) in [5, 5.41) is 3.01. The molecule has 0 aliphatic carbocycles. The number of para-hydroxylation sites is 2. The van der Waals surface area contributed by atoms with Crippen LogP contribution in [0.4, 0.5) is 0 Å². The maximum Gasteiger partial charge on any atom is 0.251 e. The molecule has 0 aliphatic rings. The second-order valence-corrected chi connectivity index (χ2v) is 7.65. The van der Waals surface area contributed by atoms with Crippen LogP contribution < -0.4 is 10.1 Å². The number of nitrogens with one attached hydrogen (secondary N) is 2. The molecule has 0 radical (unpaired) electrons. The minimum Gasteiger partial charge on any atom is -0.488 e. The molecule has 2 aromatic carbocycles. The van der Waals surface area contributed by atoms with E-state index in [0.29, 0.717) is 18.7 Å². The molecular formula is C25H26N4O2. The molecule has 0 spiro atoms. The molecule has 2 N–H and O–H groups in total. The van der Waals surface area contributed by atoms with Crippen LogP contribution in [0, 0.1) is 13.8 Å². The Kier molecular flexibility index (Phi) is 6.26. The van der Waals surface area contributed by atoms with E-state index in [9.17, 15) is 4.79 Å². The number of hydrogen-bond acceptors (Lipinski definition) is 4. The van der Waals surface area contributed by atoms with E-state index in [0.717, 1.165) is 52.1 Å². The maximum atomic E-state index is 12.6. The molecule has 0 fully saturated rings. The predicted molar refractivity (Wildman–Crippen MR) is 121 cm³/mol. The number of aryl methyl sites for hydroxylation is 3. The van der Waals surface area contributed by atoms with E-state index in [1.54, 1.807) is 12.4 Å². The van der Waals surface area contributed by atoms with Crippen molar-refractivity contribution >= 4 is 16.9 Å². The van der Waals surface area contributed by atoms with Gasteiger partial charge in [0, 0.05) is 36.5 Å². The number of ether oxygens (including phenoxy) is 1. The largest absolute Gasteiger partial charge is 0.488 e. The van der Waals surface area contributed by atoms with Gasteiger partial charge in [0.1, 0.15) is 18.2 Å². The highest BCUT2D eigenvalue weighted by Crippen LogP contribution is 2.26. The van der Waals surface area contributed by atoms with Gasteiger partial charge in [0.15, 0.2) is 0 Å². The SMILES string of the molecule is Cc1cc(C(=O)NCCCc2nc3ccccc3[nH]2)cc(C)c1OCc1cccnc1. The quantitative estimate of drug-likeness (QED) is 0.416. The second-order valence-electron chi connectivity index (χ2n) is 7.65. The van der Waals surface area contributed by atoms with Crippen molar-refractivity contribution in [2.24, 2.45) is 0 Å². The molecule has 2 aromatic heterocycles. The fourth-order valence-electron chi connectivity index (χ4n) is 3.63. The van der Waals surface area contributed by atoms with Crippen LogP contribution in [0.25, 0.3) is 11.0 Å². The van der Waals surface area contributed by atoms with Crippen molar-refractivity contribution in [2.45, 2.75) is 33.3 Å². The Bertz CT molecular complexity index is 1130. The van der Waals surface area contributed by atoms with E-state index in [-0.39, 0.29) is 5.91 Å². The Morgan fingerprint density at radius 2 is 1.90 bits per heavy atom. The van der Waals surface area contributed by atoms with Crippen LogP contribution in [0.5, 0.6) is 5.75 Å².